The van der Waals surface area contributed by atoms with E-state index < -0.39 is 0 Å². The Kier molecular flexibility index (Phi) is 6.12. The molecule has 0 aromatic heterocycles. The Labute approximate surface area is 205 Å². The van der Waals surface area contributed by atoms with Crippen LogP contribution >= 0.6 is 15.9 Å². The van der Waals surface area contributed by atoms with Crippen LogP contribution in [-0.4, -0.2) is 17.4 Å². The van der Waals surface area contributed by atoms with Gasteiger partial charge in [-0.25, -0.2) is 0 Å². The highest BCUT2D eigenvalue weighted by molar-refractivity contribution is 9.09. The largest absolute Gasteiger partial charge is 0.461 e. The van der Waals surface area contributed by atoms with Crippen molar-refractivity contribution >= 4 is 21.9 Å². The second kappa shape index (κ2) is 8.27. The Morgan fingerprint density at radius 2 is 1.81 bits per heavy atom. The molecule has 5 fully saturated rings. The van der Waals surface area contributed by atoms with E-state index in [2.05, 4.69) is 50.5 Å². The molecule has 32 heavy (non-hydrogen) atoms. The molecule has 5 rings (SSSR count). The van der Waals surface area contributed by atoms with E-state index in [1.165, 1.54) is 64.2 Å². The number of carbonyl (C=O) groups excluding carboxylic acids is 1. The fourth-order valence-corrected chi connectivity index (χ4v) is 10.8. The van der Waals surface area contributed by atoms with Crippen molar-refractivity contribution in [3.63, 3.8) is 0 Å². The molecular weight excluding hydrogens is 460 g/mol. The summed E-state index contributed by atoms with van der Waals surface area (Å²) in [4.78, 5) is 12.4. The van der Waals surface area contributed by atoms with Crippen LogP contribution in [0.15, 0.2) is 0 Å². The normalized spacial score (nSPS) is 49.7. The van der Waals surface area contributed by atoms with Gasteiger partial charge in [0, 0.05) is 5.41 Å². The quantitative estimate of drug-likeness (QED) is 0.258. The summed E-state index contributed by atoms with van der Waals surface area (Å²) in [6, 6.07) is 0. The Bertz CT molecular complexity index is 735. The average molecular weight is 508 g/mol. The first kappa shape index (κ1) is 23.7. The molecule has 0 unspecified atom stereocenters. The highest BCUT2D eigenvalue weighted by atomic mass is 79.9. The summed E-state index contributed by atoms with van der Waals surface area (Å²) in [7, 11) is 0. The lowest BCUT2D eigenvalue weighted by Gasteiger charge is -2.60. The third kappa shape index (κ3) is 3.32. The van der Waals surface area contributed by atoms with E-state index in [1.807, 2.05) is 0 Å². The zero-order valence-electron chi connectivity index (χ0n) is 21.3. The van der Waals surface area contributed by atoms with Crippen molar-refractivity contribution in [2.75, 3.05) is 5.33 Å². The van der Waals surface area contributed by atoms with Gasteiger partial charge in [0.25, 0.3) is 0 Å². The summed E-state index contributed by atoms with van der Waals surface area (Å²) in [6.07, 6.45) is 15.3. The lowest BCUT2D eigenvalue weighted by Crippen LogP contribution is -2.57. The van der Waals surface area contributed by atoms with E-state index in [0.717, 1.165) is 47.8 Å². The second-order valence-corrected chi connectivity index (χ2v) is 14.2. The molecule has 3 heteroatoms. The molecule has 0 aromatic carbocycles. The number of alkyl halides is 1. The Hall–Kier alpha value is -0.0500. The summed E-state index contributed by atoms with van der Waals surface area (Å²) in [5.41, 5.74) is 1.23. The number of esters is 1. The van der Waals surface area contributed by atoms with Crippen molar-refractivity contribution in [1.29, 1.82) is 0 Å². The van der Waals surface area contributed by atoms with E-state index in [0.29, 0.717) is 21.6 Å². The fourth-order valence-electron chi connectivity index (χ4n) is 10.6. The van der Waals surface area contributed by atoms with Crippen molar-refractivity contribution in [3.05, 3.63) is 0 Å². The van der Waals surface area contributed by atoms with Crippen LogP contribution < -0.4 is 0 Å². The molecule has 0 radical (unpaired) electrons. The summed E-state index contributed by atoms with van der Waals surface area (Å²) in [5.74, 6) is 5.84. The van der Waals surface area contributed by atoms with Crippen molar-refractivity contribution in [1.82, 2.24) is 0 Å². The zero-order valence-corrected chi connectivity index (χ0v) is 22.9. The SMILES string of the molecule is CC(C)CCC[C@H](C)[C@@H]1CC[C@@H]2[C@@H]3C[C@H](OC(=O)CBr)[C@]45C[C@H]4CC[C@]5(C)[C@H]3CC[C@@]21C. The van der Waals surface area contributed by atoms with Crippen LogP contribution in [0.3, 0.4) is 0 Å². The third-order valence-corrected chi connectivity index (χ3v) is 12.6. The van der Waals surface area contributed by atoms with Crippen LogP contribution in [0.4, 0.5) is 0 Å². The van der Waals surface area contributed by atoms with Gasteiger partial charge in [-0.3, -0.25) is 4.79 Å². The molecule has 2 nitrogen and oxygen atoms in total. The summed E-state index contributed by atoms with van der Waals surface area (Å²) < 4.78 is 6.26. The molecule has 182 valence electrons. The van der Waals surface area contributed by atoms with Gasteiger partial charge >= 0.3 is 5.97 Å². The number of hydrogen-bond donors (Lipinski definition) is 0. The van der Waals surface area contributed by atoms with Crippen LogP contribution in [0, 0.1) is 57.7 Å². The molecule has 10 atom stereocenters. The number of carbonyl (C=O) groups is 1. The molecule has 0 amide bonds. The molecule has 0 N–H and O–H groups in total. The minimum atomic E-state index is -0.0376. The Balaban J connectivity index is 1.37. The predicted molar refractivity (Wildman–Crippen MR) is 135 cm³/mol. The second-order valence-electron chi connectivity index (χ2n) is 13.7. The zero-order chi connectivity index (χ0) is 22.9. The van der Waals surface area contributed by atoms with Gasteiger partial charge in [-0.2, -0.15) is 0 Å². The van der Waals surface area contributed by atoms with E-state index in [4.69, 9.17) is 4.74 Å². The first-order valence-corrected chi connectivity index (χ1v) is 15.0. The third-order valence-electron chi connectivity index (χ3n) is 12.1. The van der Waals surface area contributed by atoms with Gasteiger partial charge < -0.3 is 4.74 Å². The van der Waals surface area contributed by atoms with Crippen LogP contribution in [0.2, 0.25) is 0 Å². The highest BCUT2D eigenvalue weighted by Crippen LogP contribution is 2.82. The van der Waals surface area contributed by atoms with Crippen LogP contribution in [0.25, 0.3) is 0 Å². The average Bonchev–Trinajstić information content (AvgIpc) is 3.26. The molecule has 0 saturated heterocycles. The van der Waals surface area contributed by atoms with E-state index in [9.17, 15) is 4.79 Å². The lowest BCUT2D eigenvalue weighted by atomic mass is 9.45. The maximum atomic E-state index is 12.4. The molecule has 5 saturated carbocycles. The van der Waals surface area contributed by atoms with Crippen molar-refractivity contribution < 1.29 is 9.53 Å². The fraction of sp³-hybridized carbons (Fsp3) is 0.966. The van der Waals surface area contributed by atoms with Gasteiger partial charge in [-0.1, -0.05) is 69.8 Å². The Morgan fingerprint density at radius 1 is 1.03 bits per heavy atom. The molecule has 0 heterocycles. The summed E-state index contributed by atoms with van der Waals surface area (Å²) >= 11 is 3.36. The van der Waals surface area contributed by atoms with Gasteiger partial charge in [-0.05, 0) is 104 Å². The molecule has 5 aliphatic rings. The number of halogens is 1. The standard InChI is InChI=1S/C29H47BrO2/c1-18(2)7-6-8-19(3)22-9-10-23-21-15-25(32-26(31)17-30)29-16-20(29)11-14-28(29,5)24(21)12-13-27(22,23)4/h18-25H,6-17H2,1-5H3/t19-,20+,21-,22-,23+,24-,25-,27+,28+,29-/m0/s1. The topological polar surface area (TPSA) is 26.3 Å². The van der Waals surface area contributed by atoms with E-state index >= 15 is 0 Å². The van der Waals surface area contributed by atoms with Crippen molar-refractivity contribution in [2.45, 2.75) is 111 Å². The highest BCUT2D eigenvalue weighted by Gasteiger charge is 2.78. The van der Waals surface area contributed by atoms with Gasteiger partial charge in [0.05, 0.1) is 0 Å². The first-order chi connectivity index (χ1) is 15.2. The molecule has 5 aliphatic carbocycles. The van der Waals surface area contributed by atoms with Crippen molar-refractivity contribution in [2.24, 2.45) is 57.7 Å². The summed E-state index contributed by atoms with van der Waals surface area (Å²) in [5, 5.41) is 0.339. The monoisotopic (exact) mass is 506 g/mol. The predicted octanol–water partition coefficient (Wildman–Crippen LogP) is 8.02. The van der Waals surface area contributed by atoms with Crippen molar-refractivity contribution in [3.8, 4) is 0 Å². The molecular formula is C29H47BrO2. The van der Waals surface area contributed by atoms with Crippen LogP contribution in [0.1, 0.15) is 105 Å². The Morgan fingerprint density at radius 3 is 2.50 bits per heavy atom. The van der Waals surface area contributed by atoms with Crippen LogP contribution in [0.5, 0.6) is 0 Å². The van der Waals surface area contributed by atoms with Gasteiger partial charge in [0.1, 0.15) is 11.4 Å². The minimum Gasteiger partial charge on any atom is -0.461 e. The maximum absolute atomic E-state index is 12.4. The molecule has 0 aromatic rings. The lowest BCUT2D eigenvalue weighted by molar-refractivity contribution is -0.181. The molecule has 1 spiro atoms. The van der Waals surface area contributed by atoms with E-state index in [-0.39, 0.29) is 12.1 Å². The number of rotatable bonds is 7. The van der Waals surface area contributed by atoms with Crippen LogP contribution in [-0.2, 0) is 9.53 Å². The number of ether oxygens (including phenoxy) is 1. The molecule has 0 aliphatic heterocycles. The number of fused-ring (bicyclic) bond motifs is 4. The van der Waals surface area contributed by atoms with Gasteiger partial charge in [0.15, 0.2) is 0 Å². The first-order valence-electron chi connectivity index (χ1n) is 13.9. The maximum Gasteiger partial charge on any atom is 0.316 e. The smallest absolute Gasteiger partial charge is 0.316 e. The minimum absolute atomic E-state index is 0.0376. The number of hydrogen-bond acceptors (Lipinski definition) is 2. The molecule has 0 bridgehead atoms. The summed E-state index contributed by atoms with van der Waals surface area (Å²) in [6.45, 7) is 12.6. The van der Waals surface area contributed by atoms with Gasteiger partial charge in [0.2, 0.25) is 0 Å². The van der Waals surface area contributed by atoms with Gasteiger partial charge in [-0.15, -0.1) is 0 Å². The van der Waals surface area contributed by atoms with E-state index in [1.54, 1.807) is 0 Å².